The van der Waals surface area contributed by atoms with Crippen LogP contribution in [0.2, 0.25) is 0 Å². The number of benzene rings is 1. The Kier molecular flexibility index (Phi) is 7.60. The van der Waals surface area contributed by atoms with Crippen molar-refractivity contribution in [2.24, 2.45) is 4.99 Å². The number of furan rings is 1. The molecule has 11 heteroatoms. The van der Waals surface area contributed by atoms with Crippen molar-refractivity contribution in [3.8, 4) is 5.75 Å². The number of nitrogens with zero attached hydrogens (tertiary/aromatic N) is 4. The molecule has 2 aliphatic heterocycles. The van der Waals surface area contributed by atoms with E-state index in [-0.39, 0.29) is 12.2 Å². The zero-order valence-corrected chi connectivity index (χ0v) is 24.1. The molecule has 1 fully saturated rings. The number of carbonyl (C=O) groups excluding carboxylic acids is 1. The number of hydrogen-bond donors (Lipinski definition) is 0. The van der Waals surface area contributed by atoms with Gasteiger partial charge in [-0.3, -0.25) is 9.36 Å². The number of carbonyl (C=O) groups is 1. The lowest BCUT2D eigenvalue weighted by atomic mass is 9.96. The lowest BCUT2D eigenvalue weighted by Crippen LogP contribution is -2.44. The van der Waals surface area contributed by atoms with Gasteiger partial charge in [0, 0.05) is 38.3 Å². The molecular weight excluding hydrogens is 572 g/mol. The number of allylic oxidation sites excluding steroid dienone is 1. The van der Waals surface area contributed by atoms with Crippen molar-refractivity contribution in [3.05, 3.63) is 77.1 Å². The number of halogens is 1. The van der Waals surface area contributed by atoms with E-state index >= 15 is 0 Å². The van der Waals surface area contributed by atoms with Gasteiger partial charge in [-0.1, -0.05) is 17.4 Å². The average molecular weight is 602 g/mol. The second kappa shape index (κ2) is 10.9. The van der Waals surface area contributed by atoms with Crippen molar-refractivity contribution in [3.63, 3.8) is 0 Å². The normalized spacial score (nSPS) is 18.4. The van der Waals surface area contributed by atoms with E-state index in [2.05, 4.69) is 37.8 Å². The maximum atomic E-state index is 13.8. The number of likely N-dealkylation sites (N-methyl/N-ethyl adjacent to an activating group) is 1. The maximum Gasteiger partial charge on any atom is 0.338 e. The van der Waals surface area contributed by atoms with Crippen LogP contribution in [-0.4, -0.2) is 62.4 Å². The third-order valence-electron chi connectivity index (χ3n) is 6.71. The first-order chi connectivity index (χ1) is 18.3. The number of esters is 1. The summed E-state index contributed by atoms with van der Waals surface area (Å²) >= 11 is 4.80. The highest BCUT2D eigenvalue weighted by molar-refractivity contribution is 9.10. The summed E-state index contributed by atoms with van der Waals surface area (Å²) < 4.78 is 19.6. The molecule has 0 aliphatic carbocycles. The fourth-order valence-electron chi connectivity index (χ4n) is 4.71. The predicted molar refractivity (Wildman–Crippen MR) is 150 cm³/mol. The third-order valence-corrected chi connectivity index (χ3v) is 8.31. The molecule has 1 aromatic carbocycles. The van der Waals surface area contributed by atoms with Gasteiger partial charge < -0.3 is 23.7 Å². The molecule has 38 heavy (non-hydrogen) atoms. The Morgan fingerprint density at radius 3 is 2.68 bits per heavy atom. The number of piperazine rings is 1. The summed E-state index contributed by atoms with van der Waals surface area (Å²) in [5.74, 6) is 1.53. The van der Waals surface area contributed by atoms with Gasteiger partial charge in [-0.2, -0.15) is 0 Å². The SMILES string of the molecule is CCOC(=O)C1=C(C)N=c2s/c(=C\c3ccc(N4CCN(C)CC4)o3)c(=O)n2C1c1ccc(OC)c(Br)c1. The van der Waals surface area contributed by atoms with E-state index in [0.717, 1.165) is 37.6 Å². The number of ether oxygens (including phenoxy) is 2. The molecular formula is C27H29BrN4O5S. The molecule has 1 atom stereocenters. The minimum Gasteiger partial charge on any atom is -0.496 e. The average Bonchev–Trinajstić information content (AvgIpc) is 3.48. The van der Waals surface area contributed by atoms with Crippen molar-refractivity contribution in [2.75, 3.05) is 51.8 Å². The van der Waals surface area contributed by atoms with Crippen LogP contribution in [0.15, 0.2) is 60.3 Å². The van der Waals surface area contributed by atoms with Crippen LogP contribution in [0, 0.1) is 0 Å². The molecule has 5 rings (SSSR count). The molecule has 9 nitrogen and oxygen atoms in total. The van der Waals surface area contributed by atoms with Crippen LogP contribution >= 0.6 is 27.3 Å². The molecule has 2 aromatic heterocycles. The lowest BCUT2D eigenvalue weighted by Gasteiger charge is -2.32. The Bertz CT molecular complexity index is 1580. The topological polar surface area (TPSA) is 89.5 Å². The summed E-state index contributed by atoms with van der Waals surface area (Å²) in [7, 11) is 3.69. The Balaban J connectivity index is 1.59. The van der Waals surface area contributed by atoms with Gasteiger partial charge in [-0.25, -0.2) is 9.79 Å². The van der Waals surface area contributed by atoms with Crippen LogP contribution in [0.25, 0.3) is 6.08 Å². The summed E-state index contributed by atoms with van der Waals surface area (Å²) in [6, 6.07) is 8.61. The quantitative estimate of drug-likeness (QED) is 0.402. The molecule has 0 amide bonds. The summed E-state index contributed by atoms with van der Waals surface area (Å²) in [5, 5.41) is 0. The number of thiazole rings is 1. The van der Waals surface area contributed by atoms with Gasteiger partial charge in [-0.15, -0.1) is 0 Å². The van der Waals surface area contributed by atoms with E-state index in [0.29, 0.717) is 36.6 Å². The summed E-state index contributed by atoms with van der Waals surface area (Å²) in [4.78, 5) is 36.5. The molecule has 200 valence electrons. The number of rotatable bonds is 6. The standard InChI is InChI=1S/C27H29BrN4O5S/c1-5-36-26(34)23-16(2)29-27-32(24(23)17-6-8-20(35-4)19(28)14-17)25(33)21(38-27)15-18-7-9-22(37-18)31-12-10-30(3)11-13-31/h6-9,14-15,24H,5,10-13H2,1-4H3/b21-15-. The molecule has 0 radical (unpaired) electrons. The van der Waals surface area contributed by atoms with E-state index in [1.54, 1.807) is 37.7 Å². The van der Waals surface area contributed by atoms with E-state index < -0.39 is 12.0 Å². The van der Waals surface area contributed by atoms with Crippen LogP contribution in [0.3, 0.4) is 0 Å². The molecule has 0 spiro atoms. The third kappa shape index (κ3) is 4.97. The highest BCUT2D eigenvalue weighted by atomic mass is 79.9. The summed E-state index contributed by atoms with van der Waals surface area (Å²) in [6.45, 7) is 7.45. The van der Waals surface area contributed by atoms with Gasteiger partial charge in [0.15, 0.2) is 10.7 Å². The van der Waals surface area contributed by atoms with Crippen molar-refractivity contribution in [1.82, 2.24) is 9.47 Å². The number of hydrogen-bond acceptors (Lipinski definition) is 9. The van der Waals surface area contributed by atoms with Crippen LogP contribution in [0.1, 0.15) is 31.2 Å². The van der Waals surface area contributed by atoms with E-state index in [4.69, 9.17) is 13.9 Å². The van der Waals surface area contributed by atoms with Gasteiger partial charge in [0.1, 0.15) is 11.5 Å². The Morgan fingerprint density at radius 1 is 1.24 bits per heavy atom. The fraction of sp³-hybridized carbons (Fsp3) is 0.370. The van der Waals surface area contributed by atoms with E-state index in [9.17, 15) is 9.59 Å². The molecule has 0 N–H and O–H groups in total. The van der Waals surface area contributed by atoms with E-state index in [1.807, 2.05) is 24.3 Å². The zero-order chi connectivity index (χ0) is 27.0. The fourth-order valence-corrected chi connectivity index (χ4v) is 6.29. The van der Waals surface area contributed by atoms with Crippen molar-refractivity contribution in [1.29, 1.82) is 0 Å². The van der Waals surface area contributed by atoms with Crippen LogP contribution < -0.4 is 24.5 Å². The zero-order valence-electron chi connectivity index (χ0n) is 21.7. The molecule has 2 aliphatic rings. The predicted octanol–water partition coefficient (Wildman–Crippen LogP) is 2.91. The first-order valence-electron chi connectivity index (χ1n) is 12.4. The van der Waals surface area contributed by atoms with Gasteiger partial charge in [-0.05, 0) is 60.6 Å². The van der Waals surface area contributed by atoms with Crippen LogP contribution in [-0.2, 0) is 9.53 Å². The Hall–Kier alpha value is -3.15. The largest absolute Gasteiger partial charge is 0.496 e. The summed E-state index contributed by atoms with van der Waals surface area (Å²) in [5.41, 5.74) is 1.33. The number of anilines is 1. The first kappa shape index (κ1) is 26.5. The monoisotopic (exact) mass is 600 g/mol. The minimum atomic E-state index is -0.702. The van der Waals surface area contributed by atoms with Crippen molar-refractivity contribution in [2.45, 2.75) is 19.9 Å². The smallest absolute Gasteiger partial charge is 0.338 e. The summed E-state index contributed by atoms with van der Waals surface area (Å²) in [6.07, 6.45) is 1.74. The van der Waals surface area contributed by atoms with Crippen molar-refractivity contribution < 1.29 is 18.7 Å². The Labute approximate surface area is 232 Å². The minimum absolute atomic E-state index is 0.215. The molecule has 3 aromatic rings. The van der Waals surface area contributed by atoms with Gasteiger partial charge in [0.2, 0.25) is 0 Å². The van der Waals surface area contributed by atoms with Crippen molar-refractivity contribution >= 4 is 45.2 Å². The molecule has 0 saturated carbocycles. The molecule has 4 heterocycles. The van der Waals surface area contributed by atoms with Gasteiger partial charge in [0.25, 0.3) is 5.56 Å². The van der Waals surface area contributed by atoms with Crippen LogP contribution in [0.4, 0.5) is 5.88 Å². The molecule has 0 bridgehead atoms. The molecule has 1 saturated heterocycles. The second-order valence-corrected chi connectivity index (χ2v) is 11.0. The first-order valence-corrected chi connectivity index (χ1v) is 14.0. The number of methoxy groups -OCH3 is 1. The Morgan fingerprint density at radius 2 is 2.00 bits per heavy atom. The van der Waals surface area contributed by atoms with Gasteiger partial charge >= 0.3 is 5.97 Å². The van der Waals surface area contributed by atoms with E-state index in [1.165, 1.54) is 11.3 Å². The highest BCUT2D eigenvalue weighted by Crippen LogP contribution is 2.35. The lowest BCUT2D eigenvalue weighted by molar-refractivity contribution is -0.139. The molecule has 1 unspecified atom stereocenters. The van der Waals surface area contributed by atoms with Gasteiger partial charge in [0.05, 0.1) is 40.0 Å². The van der Waals surface area contributed by atoms with Crippen LogP contribution in [0.5, 0.6) is 5.75 Å². The maximum absolute atomic E-state index is 13.8. The number of fused-ring (bicyclic) bond motifs is 1. The second-order valence-electron chi connectivity index (χ2n) is 9.16. The highest BCUT2D eigenvalue weighted by Gasteiger charge is 2.33. The number of aromatic nitrogens is 1.